The Labute approximate surface area is 155 Å². The fourth-order valence-electron chi connectivity index (χ4n) is 3.73. The van der Waals surface area contributed by atoms with Gasteiger partial charge in [0.1, 0.15) is 0 Å². The van der Waals surface area contributed by atoms with Crippen LogP contribution in [0, 0.1) is 5.92 Å². The molecule has 1 saturated heterocycles. The average Bonchev–Trinajstić information content (AvgIpc) is 2.93. The van der Waals surface area contributed by atoms with Gasteiger partial charge in [0.15, 0.2) is 0 Å². The first-order valence-corrected chi connectivity index (χ1v) is 8.98. The number of amides is 2. The number of hydrogen-bond acceptors (Lipinski definition) is 2. The van der Waals surface area contributed by atoms with Crippen LogP contribution in [0.2, 0.25) is 0 Å². The maximum Gasteiger partial charge on any atom is 0.320 e. The molecule has 0 aromatic heterocycles. The molecule has 4 nitrogen and oxygen atoms in total. The minimum atomic E-state index is -0.639. The van der Waals surface area contributed by atoms with Gasteiger partial charge in [-0.1, -0.05) is 73.7 Å². The van der Waals surface area contributed by atoms with Gasteiger partial charge >= 0.3 is 6.03 Å². The lowest BCUT2D eigenvalue weighted by molar-refractivity contribution is 0.123. The molecule has 0 aliphatic carbocycles. The first-order chi connectivity index (χ1) is 12.5. The molecule has 0 spiro atoms. The largest absolute Gasteiger partial charge is 0.389 e. The minimum Gasteiger partial charge on any atom is -0.389 e. The molecule has 0 radical (unpaired) electrons. The number of nitrogens with zero attached hydrogens (tertiary/aromatic N) is 2. The summed E-state index contributed by atoms with van der Waals surface area (Å²) in [7, 11) is 1.85. The summed E-state index contributed by atoms with van der Waals surface area (Å²) in [4.78, 5) is 16.7. The highest BCUT2D eigenvalue weighted by Crippen LogP contribution is 2.44. The van der Waals surface area contributed by atoms with Crippen LogP contribution in [0.5, 0.6) is 0 Å². The summed E-state index contributed by atoms with van der Waals surface area (Å²) in [5, 5.41) is 10.1. The monoisotopic (exact) mass is 350 g/mol. The lowest BCUT2D eigenvalue weighted by atomic mass is 9.92. The minimum absolute atomic E-state index is 0.0178. The second-order valence-corrected chi connectivity index (χ2v) is 6.96. The normalized spacial score (nSPS) is 22.3. The van der Waals surface area contributed by atoms with Crippen LogP contribution < -0.4 is 0 Å². The predicted molar refractivity (Wildman–Crippen MR) is 104 cm³/mol. The van der Waals surface area contributed by atoms with Gasteiger partial charge in [-0.15, -0.1) is 6.58 Å². The predicted octanol–water partition coefficient (Wildman–Crippen LogP) is 4.02. The molecule has 1 heterocycles. The fraction of sp³-hybridized carbons (Fsp3) is 0.318. The maximum atomic E-state index is 13.1. The highest BCUT2D eigenvalue weighted by molar-refractivity contribution is 5.78. The van der Waals surface area contributed by atoms with E-state index in [4.69, 9.17) is 0 Å². The van der Waals surface area contributed by atoms with Gasteiger partial charge in [0.05, 0.1) is 18.2 Å². The third-order valence-electron chi connectivity index (χ3n) is 5.19. The van der Waals surface area contributed by atoms with Gasteiger partial charge in [-0.3, -0.25) is 0 Å². The van der Waals surface area contributed by atoms with Crippen molar-refractivity contribution in [2.75, 3.05) is 13.6 Å². The highest BCUT2D eigenvalue weighted by Gasteiger charge is 2.45. The molecule has 0 saturated carbocycles. The highest BCUT2D eigenvalue weighted by atomic mass is 16.3. The summed E-state index contributed by atoms with van der Waals surface area (Å²) >= 11 is 0. The molecule has 1 fully saturated rings. The van der Waals surface area contributed by atoms with Crippen LogP contribution in [0.25, 0.3) is 0 Å². The zero-order valence-electron chi connectivity index (χ0n) is 15.3. The van der Waals surface area contributed by atoms with Crippen LogP contribution >= 0.6 is 0 Å². The zero-order chi connectivity index (χ0) is 18.7. The van der Waals surface area contributed by atoms with E-state index in [1.54, 1.807) is 4.90 Å². The molecule has 136 valence electrons. The van der Waals surface area contributed by atoms with E-state index in [-0.39, 0.29) is 24.0 Å². The van der Waals surface area contributed by atoms with Crippen molar-refractivity contribution in [1.29, 1.82) is 0 Å². The third kappa shape index (κ3) is 3.37. The number of aliphatic hydroxyl groups is 1. The van der Waals surface area contributed by atoms with E-state index in [0.717, 1.165) is 11.1 Å². The van der Waals surface area contributed by atoms with E-state index in [1.165, 1.54) is 6.08 Å². The summed E-state index contributed by atoms with van der Waals surface area (Å²) in [5.41, 5.74) is 2.20. The number of likely N-dealkylation sites (N-methyl/N-ethyl adjacent to an activating group) is 1. The topological polar surface area (TPSA) is 43.8 Å². The summed E-state index contributed by atoms with van der Waals surface area (Å²) in [5.74, 6) is -0.0921. The molecule has 1 aliphatic heterocycles. The number of carbonyl (C=O) groups is 1. The van der Waals surface area contributed by atoms with E-state index in [2.05, 4.69) is 30.8 Å². The van der Waals surface area contributed by atoms with Gasteiger partial charge in [0.2, 0.25) is 0 Å². The first kappa shape index (κ1) is 18.2. The molecule has 0 unspecified atom stereocenters. The quantitative estimate of drug-likeness (QED) is 0.800. The van der Waals surface area contributed by atoms with E-state index in [1.807, 2.05) is 55.3 Å². The molecular formula is C22H26N2O2. The Kier molecular flexibility index (Phi) is 5.43. The van der Waals surface area contributed by atoms with Gasteiger partial charge < -0.3 is 14.9 Å². The smallest absolute Gasteiger partial charge is 0.320 e. The molecule has 4 atom stereocenters. The van der Waals surface area contributed by atoms with Gasteiger partial charge in [-0.2, -0.15) is 0 Å². The van der Waals surface area contributed by atoms with Crippen molar-refractivity contribution in [1.82, 2.24) is 9.80 Å². The van der Waals surface area contributed by atoms with Gasteiger partial charge in [-0.05, 0) is 11.1 Å². The van der Waals surface area contributed by atoms with Crippen molar-refractivity contribution in [3.63, 3.8) is 0 Å². The van der Waals surface area contributed by atoms with Crippen LogP contribution in [0.3, 0.4) is 0 Å². The molecule has 1 N–H and O–H groups in total. The second kappa shape index (κ2) is 7.75. The molecule has 2 amide bonds. The second-order valence-electron chi connectivity index (χ2n) is 6.96. The number of benzene rings is 2. The van der Waals surface area contributed by atoms with E-state index < -0.39 is 6.10 Å². The number of carbonyl (C=O) groups excluding carboxylic acids is 1. The van der Waals surface area contributed by atoms with Crippen LogP contribution in [0.4, 0.5) is 4.79 Å². The van der Waals surface area contributed by atoms with Crippen molar-refractivity contribution in [3.8, 4) is 0 Å². The molecule has 3 rings (SSSR count). The van der Waals surface area contributed by atoms with E-state index in [9.17, 15) is 9.90 Å². The molecule has 4 heteroatoms. The summed E-state index contributed by atoms with van der Waals surface area (Å²) in [6.07, 6.45) is 0.890. The number of hydrogen-bond donors (Lipinski definition) is 1. The van der Waals surface area contributed by atoms with Crippen molar-refractivity contribution in [2.45, 2.75) is 25.1 Å². The maximum absolute atomic E-state index is 13.1. The number of rotatable bonds is 6. The first-order valence-electron chi connectivity index (χ1n) is 8.98. The lowest BCUT2D eigenvalue weighted by Gasteiger charge is -2.30. The molecular weight excluding hydrogens is 324 g/mol. The van der Waals surface area contributed by atoms with Gasteiger partial charge in [0.25, 0.3) is 0 Å². The Bertz CT molecular complexity index is 747. The van der Waals surface area contributed by atoms with Crippen LogP contribution in [0.15, 0.2) is 73.3 Å². The third-order valence-corrected chi connectivity index (χ3v) is 5.19. The van der Waals surface area contributed by atoms with Crippen molar-refractivity contribution in [3.05, 3.63) is 84.4 Å². The molecule has 0 bridgehead atoms. The Morgan fingerprint density at radius 1 is 1.04 bits per heavy atom. The summed E-state index contributed by atoms with van der Waals surface area (Å²) < 4.78 is 0. The van der Waals surface area contributed by atoms with E-state index in [0.29, 0.717) is 6.54 Å². The van der Waals surface area contributed by atoms with Crippen molar-refractivity contribution >= 4 is 6.03 Å². The van der Waals surface area contributed by atoms with Gasteiger partial charge in [0, 0.05) is 19.5 Å². The van der Waals surface area contributed by atoms with Crippen LogP contribution in [-0.4, -0.2) is 40.6 Å². The Morgan fingerprint density at radius 2 is 1.54 bits per heavy atom. The number of aliphatic hydroxyl groups excluding tert-OH is 1. The molecule has 2 aromatic carbocycles. The fourth-order valence-corrected chi connectivity index (χ4v) is 3.73. The molecule has 26 heavy (non-hydrogen) atoms. The molecule has 1 aliphatic rings. The summed E-state index contributed by atoms with van der Waals surface area (Å²) in [6, 6.07) is 20.0. The Hall–Kier alpha value is -2.59. The standard InChI is InChI=1S/C22H26N2O2/c1-4-19(25)16(2)15-24-21(18-13-9-6-10-14-18)20(23(3)22(24)26)17-11-7-5-8-12-17/h4-14,16,19-21,25H,1,15H2,2-3H3/t16-,19-,20+,21+/m0/s1. The SMILES string of the molecule is C=C[C@H](O)[C@@H](C)CN1C(=O)N(C)[C@H](c2ccccc2)[C@H]1c1ccccc1. The zero-order valence-corrected chi connectivity index (χ0v) is 15.3. The van der Waals surface area contributed by atoms with Crippen molar-refractivity contribution < 1.29 is 9.90 Å². The Morgan fingerprint density at radius 3 is 2.04 bits per heavy atom. The lowest BCUT2D eigenvalue weighted by Crippen LogP contribution is -2.37. The summed E-state index contributed by atoms with van der Waals surface area (Å²) in [6.45, 7) is 6.08. The van der Waals surface area contributed by atoms with E-state index >= 15 is 0 Å². The average molecular weight is 350 g/mol. The van der Waals surface area contributed by atoms with Crippen LogP contribution in [0.1, 0.15) is 30.1 Å². The number of urea groups is 1. The Balaban J connectivity index is 2.02. The van der Waals surface area contributed by atoms with Crippen LogP contribution in [-0.2, 0) is 0 Å². The van der Waals surface area contributed by atoms with Gasteiger partial charge in [-0.25, -0.2) is 4.79 Å². The molecule has 2 aromatic rings. The van der Waals surface area contributed by atoms with Crippen molar-refractivity contribution in [2.24, 2.45) is 5.92 Å².